The van der Waals surface area contributed by atoms with Crippen molar-refractivity contribution in [3.63, 3.8) is 0 Å². The normalized spacial score (nSPS) is 16.4. The Balaban J connectivity index is 0.000000309. The fourth-order valence-electron chi connectivity index (χ4n) is 2.44. The highest BCUT2D eigenvalue weighted by atomic mass is 35.5. The van der Waals surface area contributed by atoms with Crippen molar-refractivity contribution in [1.82, 2.24) is 4.42 Å². The van der Waals surface area contributed by atoms with Gasteiger partial charge in [-0.25, -0.2) is 13.9 Å². The molecule has 0 atom stereocenters. The Kier molecular flexibility index (Phi) is 11.7. The van der Waals surface area contributed by atoms with E-state index in [1.165, 1.54) is 62.8 Å². The molecule has 1 saturated heterocycles. The molecule has 0 saturated carbocycles. The van der Waals surface area contributed by atoms with Gasteiger partial charge in [0.05, 0.1) is 11.5 Å². The van der Waals surface area contributed by atoms with Crippen LogP contribution in [0.25, 0.3) is 0 Å². The van der Waals surface area contributed by atoms with Crippen molar-refractivity contribution >= 4 is 25.3 Å². The molecule has 0 aromatic heterocycles. The first-order valence-electron chi connectivity index (χ1n) is 8.79. The Labute approximate surface area is 163 Å². The van der Waals surface area contributed by atoms with Crippen LogP contribution in [0.1, 0.15) is 44.1 Å². The van der Waals surface area contributed by atoms with Gasteiger partial charge in [0.25, 0.3) is 5.69 Å². The molecule has 11 heteroatoms. The zero-order chi connectivity index (χ0) is 20.1. The molecule has 1 aromatic carbocycles. The minimum atomic E-state index is -4.62. The zero-order valence-electron chi connectivity index (χ0n) is 15.0. The number of rotatable bonds is 6. The minimum absolute atomic E-state index is 0.0267. The molecule has 154 valence electrons. The maximum absolute atomic E-state index is 10.4. The standard InChI is InChI=1S/C8H16ClN.C8H10NO7P/c9-10-7-5-3-1-2-4-6-8-10;10-9(11)8-3-1-7(2-4-8)5-6-15-16-17(12,13)14/h1-8H2;1-4H,5-6H2,(H2,12,13,14). The number of nitrogens with zero attached hydrogens (tertiary/aromatic N) is 2. The summed E-state index contributed by atoms with van der Waals surface area (Å²) < 4.78 is 15.9. The van der Waals surface area contributed by atoms with Crippen molar-refractivity contribution in [1.29, 1.82) is 0 Å². The number of non-ortho nitro benzene ring substituents is 1. The summed E-state index contributed by atoms with van der Waals surface area (Å²) >= 11 is 5.90. The highest BCUT2D eigenvalue weighted by Gasteiger charge is 2.14. The van der Waals surface area contributed by atoms with Crippen molar-refractivity contribution in [2.24, 2.45) is 0 Å². The van der Waals surface area contributed by atoms with E-state index in [0.29, 0.717) is 6.42 Å². The highest BCUT2D eigenvalue weighted by molar-refractivity contribution is 7.46. The number of nitro benzene ring substituents is 1. The molecule has 2 rings (SSSR count). The summed E-state index contributed by atoms with van der Waals surface area (Å²) in [6, 6.07) is 5.72. The Morgan fingerprint density at radius 1 is 1.07 bits per heavy atom. The van der Waals surface area contributed by atoms with E-state index >= 15 is 0 Å². The Morgan fingerprint density at radius 2 is 1.59 bits per heavy atom. The van der Waals surface area contributed by atoms with Gasteiger partial charge in [-0.3, -0.25) is 10.1 Å². The number of hydrogen-bond acceptors (Lipinski definition) is 6. The Bertz CT molecular complexity index is 587. The lowest BCUT2D eigenvalue weighted by atomic mass is 10.1. The predicted molar refractivity (Wildman–Crippen MR) is 101 cm³/mol. The van der Waals surface area contributed by atoms with Crippen LogP contribution in [0.3, 0.4) is 0 Å². The first kappa shape index (κ1) is 24.0. The van der Waals surface area contributed by atoms with Crippen LogP contribution in [0.2, 0.25) is 0 Å². The predicted octanol–water partition coefficient (Wildman–Crippen LogP) is 3.97. The number of halogens is 1. The van der Waals surface area contributed by atoms with Gasteiger partial charge in [-0.05, 0) is 36.6 Å². The average Bonchev–Trinajstić information content (AvgIpc) is 2.72. The van der Waals surface area contributed by atoms with Crippen LogP contribution in [0, 0.1) is 10.1 Å². The highest BCUT2D eigenvalue weighted by Crippen LogP contribution is 2.35. The third-order valence-corrected chi connectivity index (χ3v) is 4.46. The molecule has 1 aliphatic heterocycles. The molecule has 0 unspecified atom stereocenters. The van der Waals surface area contributed by atoms with Crippen molar-refractivity contribution in [2.75, 3.05) is 19.7 Å². The van der Waals surface area contributed by atoms with Crippen LogP contribution >= 0.6 is 19.6 Å². The monoisotopic (exact) mass is 424 g/mol. The zero-order valence-corrected chi connectivity index (χ0v) is 16.7. The first-order valence-corrected chi connectivity index (χ1v) is 10.7. The quantitative estimate of drug-likeness (QED) is 0.175. The number of phosphoric acid groups is 1. The van der Waals surface area contributed by atoms with Crippen LogP contribution in [-0.4, -0.2) is 38.8 Å². The van der Waals surface area contributed by atoms with Crippen molar-refractivity contribution in [3.05, 3.63) is 39.9 Å². The summed E-state index contributed by atoms with van der Waals surface area (Å²) in [5, 5.41) is 10.4. The van der Waals surface area contributed by atoms with E-state index in [4.69, 9.17) is 21.6 Å². The summed E-state index contributed by atoms with van der Waals surface area (Å²) in [5.41, 5.74) is 0.700. The SMILES string of the molecule is ClN1CCCCCCCC1.O=[N+]([O-])c1ccc(CCOOP(=O)(O)O)cc1. The second-order valence-electron chi connectivity index (χ2n) is 6.09. The third kappa shape index (κ3) is 12.9. The molecular weight excluding hydrogens is 399 g/mol. The van der Waals surface area contributed by atoms with Crippen LogP contribution < -0.4 is 0 Å². The van der Waals surface area contributed by atoms with Crippen LogP contribution in [0.4, 0.5) is 5.69 Å². The number of benzene rings is 1. The molecule has 2 N–H and O–H groups in total. The summed E-state index contributed by atoms with van der Waals surface area (Å²) in [7, 11) is -4.62. The van der Waals surface area contributed by atoms with E-state index in [0.717, 1.165) is 18.7 Å². The van der Waals surface area contributed by atoms with Gasteiger partial charge in [-0.15, -0.1) is 4.67 Å². The van der Waals surface area contributed by atoms with E-state index in [1.807, 2.05) is 4.42 Å². The molecule has 0 spiro atoms. The van der Waals surface area contributed by atoms with Gasteiger partial charge < -0.3 is 9.79 Å². The molecule has 0 amide bonds. The fourth-order valence-corrected chi connectivity index (χ4v) is 2.89. The molecule has 0 aliphatic carbocycles. The lowest BCUT2D eigenvalue weighted by Crippen LogP contribution is -2.13. The summed E-state index contributed by atoms with van der Waals surface area (Å²) in [5.74, 6) is 0. The molecule has 9 nitrogen and oxygen atoms in total. The average molecular weight is 425 g/mol. The second-order valence-corrected chi connectivity index (χ2v) is 7.70. The topological polar surface area (TPSA) is 122 Å². The van der Waals surface area contributed by atoms with Gasteiger partial charge in [0.1, 0.15) is 0 Å². The lowest BCUT2D eigenvalue weighted by molar-refractivity contribution is -0.384. The summed E-state index contributed by atoms with van der Waals surface area (Å²) in [6.07, 6.45) is 8.42. The molecule has 1 fully saturated rings. The van der Waals surface area contributed by atoms with E-state index in [9.17, 15) is 14.7 Å². The maximum Gasteiger partial charge on any atom is 0.496 e. The number of nitro groups is 1. The smallest absolute Gasteiger partial charge is 0.301 e. The fraction of sp³-hybridized carbons (Fsp3) is 0.625. The van der Waals surface area contributed by atoms with E-state index in [2.05, 4.69) is 9.56 Å². The molecule has 1 heterocycles. The van der Waals surface area contributed by atoms with Crippen LogP contribution in [-0.2, 0) is 20.5 Å². The molecule has 1 aromatic rings. The first-order chi connectivity index (χ1) is 12.8. The van der Waals surface area contributed by atoms with Crippen LogP contribution in [0.15, 0.2) is 24.3 Å². The largest absolute Gasteiger partial charge is 0.496 e. The Morgan fingerprint density at radius 3 is 2.07 bits per heavy atom. The molecule has 0 bridgehead atoms. The summed E-state index contributed by atoms with van der Waals surface area (Å²) in [4.78, 5) is 30.7. The van der Waals surface area contributed by atoms with Crippen molar-refractivity contribution < 1.29 is 28.8 Å². The molecule has 27 heavy (non-hydrogen) atoms. The molecule has 0 radical (unpaired) electrons. The van der Waals surface area contributed by atoms with Gasteiger partial charge in [-0.1, -0.05) is 37.8 Å². The van der Waals surface area contributed by atoms with E-state index < -0.39 is 12.7 Å². The minimum Gasteiger partial charge on any atom is -0.301 e. The van der Waals surface area contributed by atoms with Crippen molar-refractivity contribution in [3.8, 4) is 0 Å². The molecule has 1 aliphatic rings. The van der Waals surface area contributed by atoms with Gasteiger partial charge in [0.15, 0.2) is 0 Å². The second kappa shape index (κ2) is 13.2. The van der Waals surface area contributed by atoms with Gasteiger partial charge in [0, 0.05) is 25.2 Å². The third-order valence-electron chi connectivity index (χ3n) is 3.82. The lowest BCUT2D eigenvalue weighted by Gasteiger charge is -2.10. The maximum atomic E-state index is 10.4. The number of hydrogen-bond donors (Lipinski definition) is 2. The Hall–Kier alpha value is -1.06. The van der Waals surface area contributed by atoms with E-state index in [-0.39, 0.29) is 12.3 Å². The van der Waals surface area contributed by atoms with Crippen molar-refractivity contribution in [2.45, 2.75) is 44.9 Å². The van der Waals surface area contributed by atoms with E-state index in [1.54, 1.807) is 0 Å². The summed E-state index contributed by atoms with van der Waals surface area (Å²) in [6.45, 7) is 2.10. The van der Waals surface area contributed by atoms with Gasteiger partial charge in [0.2, 0.25) is 0 Å². The van der Waals surface area contributed by atoms with Crippen LogP contribution in [0.5, 0.6) is 0 Å². The van der Waals surface area contributed by atoms with Gasteiger partial charge >= 0.3 is 7.82 Å². The van der Waals surface area contributed by atoms with Gasteiger partial charge in [-0.2, -0.15) is 0 Å². The molecular formula is C16H26ClN2O7P.